The highest BCUT2D eigenvalue weighted by Crippen LogP contribution is 2.41. The van der Waals surface area contributed by atoms with E-state index in [0.717, 1.165) is 0 Å². The molecular weight excluding hydrogens is 160 g/mol. The van der Waals surface area contributed by atoms with Gasteiger partial charge in [-0.25, -0.2) is 0 Å². The first-order valence-electron chi connectivity index (χ1n) is 3.66. The van der Waals surface area contributed by atoms with Crippen molar-refractivity contribution in [1.82, 2.24) is 0 Å². The number of halogens is 4. The zero-order valence-electron chi connectivity index (χ0n) is 5.99. The van der Waals surface area contributed by atoms with Gasteiger partial charge in [0.2, 0.25) is 0 Å². The van der Waals surface area contributed by atoms with Gasteiger partial charge < -0.3 is 0 Å². The second-order valence-electron chi connectivity index (χ2n) is 3.07. The summed E-state index contributed by atoms with van der Waals surface area (Å²) in [6.45, 7) is -0.605. The van der Waals surface area contributed by atoms with E-state index in [-0.39, 0.29) is 18.8 Å². The summed E-state index contributed by atoms with van der Waals surface area (Å²) in [4.78, 5) is 0. The van der Waals surface area contributed by atoms with Crippen molar-refractivity contribution in [2.45, 2.75) is 25.4 Å². The Labute approximate surface area is 62.6 Å². The van der Waals surface area contributed by atoms with Crippen molar-refractivity contribution < 1.29 is 17.6 Å². The van der Waals surface area contributed by atoms with Crippen LogP contribution in [0.15, 0.2) is 0 Å². The van der Waals surface area contributed by atoms with Crippen LogP contribution in [0.1, 0.15) is 19.3 Å². The monoisotopic (exact) mass is 170 g/mol. The van der Waals surface area contributed by atoms with Crippen LogP contribution in [0.4, 0.5) is 17.6 Å². The third kappa shape index (κ3) is 2.07. The molecule has 0 aromatic heterocycles. The van der Waals surface area contributed by atoms with Crippen LogP contribution < -0.4 is 0 Å². The largest absolute Gasteiger partial charge is 0.391 e. The molecule has 0 aromatic carbocycles. The van der Waals surface area contributed by atoms with E-state index in [0.29, 0.717) is 6.42 Å². The predicted octanol–water partition coefficient (Wildman–Crippen LogP) is 2.93. The van der Waals surface area contributed by atoms with Crippen LogP contribution in [0.3, 0.4) is 0 Å². The molecule has 0 aromatic rings. The summed E-state index contributed by atoms with van der Waals surface area (Å²) in [5.74, 6) is -1.59. The Morgan fingerprint density at radius 2 is 1.82 bits per heavy atom. The van der Waals surface area contributed by atoms with Gasteiger partial charge in [-0.1, -0.05) is 0 Å². The number of rotatable bonds is 1. The third-order valence-electron chi connectivity index (χ3n) is 2.22. The van der Waals surface area contributed by atoms with E-state index in [9.17, 15) is 17.6 Å². The van der Waals surface area contributed by atoms with Crippen LogP contribution in [-0.4, -0.2) is 12.9 Å². The second kappa shape index (κ2) is 2.99. The molecule has 1 rings (SSSR count). The minimum absolute atomic E-state index is 0.0139. The maximum atomic E-state index is 11.9. The van der Waals surface area contributed by atoms with Crippen LogP contribution in [0, 0.1) is 11.8 Å². The lowest BCUT2D eigenvalue weighted by atomic mass is 10.1. The van der Waals surface area contributed by atoms with E-state index < -0.39 is 18.8 Å². The highest BCUT2D eigenvalue weighted by Gasteiger charge is 2.43. The number of alkyl halides is 4. The molecule has 0 spiro atoms. The Morgan fingerprint density at radius 3 is 2.09 bits per heavy atom. The minimum atomic E-state index is -4.11. The van der Waals surface area contributed by atoms with Gasteiger partial charge in [0.15, 0.2) is 0 Å². The molecule has 0 nitrogen and oxygen atoms in total. The molecule has 0 saturated heterocycles. The van der Waals surface area contributed by atoms with Gasteiger partial charge in [-0.05, 0) is 25.2 Å². The van der Waals surface area contributed by atoms with Gasteiger partial charge in [0.1, 0.15) is 0 Å². The molecule has 0 radical (unpaired) electrons. The zero-order valence-corrected chi connectivity index (χ0v) is 5.99. The van der Waals surface area contributed by atoms with Crippen LogP contribution in [0.5, 0.6) is 0 Å². The van der Waals surface area contributed by atoms with Crippen molar-refractivity contribution in [3.63, 3.8) is 0 Å². The van der Waals surface area contributed by atoms with E-state index >= 15 is 0 Å². The van der Waals surface area contributed by atoms with Crippen molar-refractivity contribution in [1.29, 1.82) is 0 Å². The van der Waals surface area contributed by atoms with Crippen molar-refractivity contribution in [3.8, 4) is 0 Å². The lowest BCUT2D eigenvalue weighted by Crippen LogP contribution is -2.20. The lowest BCUT2D eigenvalue weighted by Gasteiger charge is -2.13. The van der Waals surface area contributed by atoms with Crippen LogP contribution in [0.25, 0.3) is 0 Å². The molecule has 0 amide bonds. The molecule has 1 aliphatic rings. The first-order chi connectivity index (χ1) is 5.04. The molecule has 11 heavy (non-hydrogen) atoms. The standard InChI is InChI=1S/C7H10F4/c8-4-5-1-2-6(3-5)7(9,10)11/h5-6H,1-4H2. The number of hydrogen-bond donors (Lipinski definition) is 0. The summed E-state index contributed by atoms with van der Waals surface area (Å²) < 4.78 is 47.7. The van der Waals surface area contributed by atoms with Crippen LogP contribution >= 0.6 is 0 Å². The molecule has 66 valence electrons. The maximum Gasteiger partial charge on any atom is 0.391 e. The van der Waals surface area contributed by atoms with Gasteiger partial charge in [-0.15, -0.1) is 0 Å². The van der Waals surface area contributed by atoms with Gasteiger partial charge >= 0.3 is 6.18 Å². The van der Waals surface area contributed by atoms with Crippen LogP contribution in [0.2, 0.25) is 0 Å². The molecule has 1 fully saturated rings. The van der Waals surface area contributed by atoms with E-state index in [1.165, 1.54) is 0 Å². The van der Waals surface area contributed by atoms with Gasteiger partial charge in [-0.3, -0.25) is 4.39 Å². The molecule has 0 aliphatic heterocycles. The molecule has 4 heteroatoms. The fourth-order valence-electron chi connectivity index (χ4n) is 1.51. The summed E-state index contributed by atoms with van der Waals surface area (Å²) in [5.41, 5.74) is 0. The quantitative estimate of drug-likeness (QED) is 0.531. The summed E-state index contributed by atoms with van der Waals surface area (Å²) in [5, 5.41) is 0. The molecule has 1 saturated carbocycles. The Balaban J connectivity index is 2.42. The van der Waals surface area contributed by atoms with E-state index in [1.54, 1.807) is 0 Å². The third-order valence-corrected chi connectivity index (χ3v) is 2.22. The van der Waals surface area contributed by atoms with E-state index in [1.807, 2.05) is 0 Å². The normalized spacial score (nSPS) is 32.7. The van der Waals surface area contributed by atoms with Gasteiger partial charge in [0.05, 0.1) is 12.6 Å². The zero-order chi connectivity index (χ0) is 8.48. The summed E-state index contributed by atoms with van der Waals surface area (Å²) >= 11 is 0. The molecule has 0 bridgehead atoms. The molecule has 0 N–H and O–H groups in total. The van der Waals surface area contributed by atoms with Crippen molar-refractivity contribution >= 4 is 0 Å². The Morgan fingerprint density at radius 1 is 1.18 bits per heavy atom. The average molecular weight is 170 g/mol. The van der Waals surface area contributed by atoms with E-state index in [2.05, 4.69) is 0 Å². The summed E-state index contributed by atoms with van der Waals surface area (Å²) in [7, 11) is 0. The molecule has 0 heterocycles. The lowest BCUT2D eigenvalue weighted by molar-refractivity contribution is -0.173. The molecular formula is C7H10F4. The fraction of sp³-hybridized carbons (Fsp3) is 1.00. The minimum Gasteiger partial charge on any atom is -0.251 e. The topological polar surface area (TPSA) is 0 Å². The number of hydrogen-bond acceptors (Lipinski definition) is 0. The van der Waals surface area contributed by atoms with Crippen molar-refractivity contribution in [2.75, 3.05) is 6.67 Å². The average Bonchev–Trinajstić information content (AvgIpc) is 2.32. The van der Waals surface area contributed by atoms with Gasteiger partial charge in [0, 0.05) is 0 Å². The van der Waals surface area contributed by atoms with Crippen LogP contribution in [-0.2, 0) is 0 Å². The smallest absolute Gasteiger partial charge is 0.251 e. The fourth-order valence-corrected chi connectivity index (χ4v) is 1.51. The first-order valence-corrected chi connectivity index (χ1v) is 3.66. The predicted molar refractivity (Wildman–Crippen MR) is 32.9 cm³/mol. The van der Waals surface area contributed by atoms with E-state index in [4.69, 9.17) is 0 Å². The highest BCUT2D eigenvalue weighted by molar-refractivity contribution is 4.79. The molecule has 1 aliphatic carbocycles. The van der Waals surface area contributed by atoms with Gasteiger partial charge in [-0.2, -0.15) is 13.2 Å². The second-order valence-corrected chi connectivity index (χ2v) is 3.07. The first kappa shape index (κ1) is 8.81. The molecule has 2 unspecified atom stereocenters. The Hall–Kier alpha value is -0.280. The van der Waals surface area contributed by atoms with Crippen molar-refractivity contribution in [3.05, 3.63) is 0 Å². The Bertz CT molecular complexity index is 129. The maximum absolute atomic E-state index is 11.9. The Kier molecular flexibility index (Phi) is 2.40. The SMILES string of the molecule is FCC1CCC(C(F)(F)F)C1. The van der Waals surface area contributed by atoms with Crippen molar-refractivity contribution in [2.24, 2.45) is 11.8 Å². The van der Waals surface area contributed by atoms with Gasteiger partial charge in [0.25, 0.3) is 0 Å². The summed E-state index contributed by atoms with van der Waals surface area (Å²) in [6, 6.07) is 0. The summed E-state index contributed by atoms with van der Waals surface area (Å²) in [6.07, 6.45) is -3.62. The molecule has 2 atom stereocenters. The highest BCUT2D eigenvalue weighted by atomic mass is 19.4.